The van der Waals surface area contributed by atoms with Crippen LogP contribution in [0.25, 0.3) is 0 Å². The molecule has 9 heteroatoms. The number of carbonyl (C=O) groups excluding carboxylic acids is 1. The van der Waals surface area contributed by atoms with Crippen molar-refractivity contribution in [1.82, 2.24) is 0 Å². The second-order valence-corrected chi connectivity index (χ2v) is 15.0. The third-order valence-electron chi connectivity index (χ3n) is 5.82. The topological polar surface area (TPSA) is 83.5 Å². The van der Waals surface area contributed by atoms with Crippen LogP contribution in [0.5, 0.6) is 5.75 Å². The molecule has 0 bridgehead atoms. The fourth-order valence-corrected chi connectivity index (χ4v) is 6.72. The first-order valence-electron chi connectivity index (χ1n) is 11.1. The van der Waals surface area contributed by atoms with Crippen LogP contribution in [0, 0.1) is 0 Å². The van der Waals surface area contributed by atoms with Gasteiger partial charge < -0.3 is 28.5 Å². The molecule has 7 nitrogen and oxygen atoms in total. The number of thioether (sulfide) groups is 1. The summed E-state index contributed by atoms with van der Waals surface area (Å²) in [4.78, 5) is 13.1. The Labute approximate surface area is 198 Å². The van der Waals surface area contributed by atoms with E-state index in [1.54, 1.807) is 6.07 Å². The lowest BCUT2D eigenvalue weighted by Gasteiger charge is -2.50. The average Bonchev–Trinajstić information content (AvgIpc) is 2.77. The number of hydrogen-bond donors (Lipinski definition) is 1. The summed E-state index contributed by atoms with van der Waals surface area (Å²) >= 11 is 1.53. The highest BCUT2D eigenvalue weighted by Crippen LogP contribution is 2.42. The standard InChI is InChI=1S/C24H28O7SSi/c1-33(2,3)31-20-19-17(12-27-23(30-19)14-8-5-4-6-9-14)28-24-21(20)29-22(26)18-15(13-32-24)10-7-11-16(18)25/h4-11,17,19-21,23-25H,12-13H2,1-3H3/t17-,19-,20+,21-,23-,24+/m1/s1. The molecule has 0 aliphatic carbocycles. The molecule has 0 amide bonds. The molecule has 6 atom stereocenters. The van der Waals surface area contributed by atoms with E-state index in [-0.39, 0.29) is 17.4 Å². The van der Waals surface area contributed by atoms with Gasteiger partial charge >= 0.3 is 5.97 Å². The molecule has 2 fully saturated rings. The Bertz CT molecular complexity index is 1010. The quantitative estimate of drug-likeness (QED) is 0.508. The smallest absolute Gasteiger partial charge is 0.342 e. The average molecular weight is 489 g/mol. The highest BCUT2D eigenvalue weighted by Gasteiger charge is 2.54. The van der Waals surface area contributed by atoms with Crippen molar-refractivity contribution < 1.29 is 33.3 Å². The van der Waals surface area contributed by atoms with E-state index in [1.165, 1.54) is 17.8 Å². The molecule has 3 heterocycles. The summed E-state index contributed by atoms with van der Waals surface area (Å²) in [5.74, 6) is -0.151. The molecule has 0 aromatic heterocycles. The molecule has 1 N–H and O–H groups in total. The molecule has 33 heavy (non-hydrogen) atoms. The van der Waals surface area contributed by atoms with Crippen LogP contribution in [0.1, 0.15) is 27.8 Å². The van der Waals surface area contributed by atoms with Crippen molar-refractivity contribution in [3.63, 3.8) is 0 Å². The number of ether oxygens (including phenoxy) is 4. The van der Waals surface area contributed by atoms with Gasteiger partial charge in [0.1, 0.15) is 35.1 Å². The number of benzene rings is 2. The molecule has 5 rings (SSSR count). The van der Waals surface area contributed by atoms with E-state index >= 15 is 0 Å². The molecular formula is C24H28O7SSi. The summed E-state index contributed by atoms with van der Waals surface area (Å²) < 4.78 is 31.3. The minimum absolute atomic E-state index is 0.0831. The number of phenolic OH excluding ortho intramolecular Hbond substituents is 1. The van der Waals surface area contributed by atoms with Gasteiger partial charge in [0.05, 0.1) is 6.61 Å². The predicted molar refractivity (Wildman–Crippen MR) is 125 cm³/mol. The molecule has 0 saturated carbocycles. The highest BCUT2D eigenvalue weighted by atomic mass is 32.2. The molecule has 0 radical (unpaired) electrons. The predicted octanol–water partition coefficient (Wildman–Crippen LogP) is 4.22. The molecule has 0 unspecified atom stereocenters. The van der Waals surface area contributed by atoms with Crippen molar-refractivity contribution in [2.24, 2.45) is 0 Å². The van der Waals surface area contributed by atoms with Crippen LogP contribution in [-0.2, 0) is 29.1 Å². The molecule has 3 aliphatic heterocycles. The fourth-order valence-electron chi connectivity index (χ4n) is 4.42. The Morgan fingerprint density at radius 1 is 1.03 bits per heavy atom. The summed E-state index contributed by atoms with van der Waals surface area (Å²) in [6.07, 6.45) is -2.56. The number of aromatic hydroxyl groups is 1. The van der Waals surface area contributed by atoms with Crippen molar-refractivity contribution in [2.75, 3.05) is 6.61 Å². The normalized spacial score (nSPS) is 31.9. The summed E-state index contributed by atoms with van der Waals surface area (Å²) in [6.45, 7) is 6.64. The first-order chi connectivity index (χ1) is 15.8. The zero-order valence-electron chi connectivity index (χ0n) is 18.8. The number of hydrogen-bond acceptors (Lipinski definition) is 8. The molecule has 2 aromatic rings. The first kappa shape index (κ1) is 22.9. The van der Waals surface area contributed by atoms with E-state index in [9.17, 15) is 9.90 Å². The van der Waals surface area contributed by atoms with Gasteiger partial charge in [-0.25, -0.2) is 4.79 Å². The van der Waals surface area contributed by atoms with Crippen LogP contribution < -0.4 is 0 Å². The minimum Gasteiger partial charge on any atom is -0.507 e. The van der Waals surface area contributed by atoms with Gasteiger partial charge in [0, 0.05) is 11.3 Å². The third kappa shape index (κ3) is 4.71. The molecule has 0 spiro atoms. The lowest BCUT2D eigenvalue weighted by atomic mass is 9.98. The van der Waals surface area contributed by atoms with E-state index in [1.807, 2.05) is 36.4 Å². The number of carbonyl (C=O) groups is 1. The molecular weight excluding hydrogens is 460 g/mol. The summed E-state index contributed by atoms with van der Waals surface area (Å²) in [7, 11) is -2.06. The number of rotatable bonds is 3. The van der Waals surface area contributed by atoms with Gasteiger partial charge in [0.25, 0.3) is 0 Å². The zero-order valence-corrected chi connectivity index (χ0v) is 20.6. The fraction of sp³-hybridized carbons (Fsp3) is 0.458. The maximum absolute atomic E-state index is 13.1. The Morgan fingerprint density at radius 2 is 1.82 bits per heavy atom. The van der Waals surface area contributed by atoms with Gasteiger partial charge in [-0.05, 0) is 31.3 Å². The van der Waals surface area contributed by atoms with Crippen molar-refractivity contribution >= 4 is 26.0 Å². The van der Waals surface area contributed by atoms with Crippen LogP contribution in [0.2, 0.25) is 19.6 Å². The van der Waals surface area contributed by atoms with Crippen molar-refractivity contribution in [3.8, 4) is 5.75 Å². The number of fused-ring (bicyclic) bond motifs is 3. The van der Waals surface area contributed by atoms with Gasteiger partial charge in [-0.1, -0.05) is 42.5 Å². The second-order valence-electron chi connectivity index (χ2n) is 9.41. The number of phenols is 1. The maximum atomic E-state index is 13.1. The van der Waals surface area contributed by atoms with Gasteiger partial charge in [0.15, 0.2) is 20.7 Å². The van der Waals surface area contributed by atoms with E-state index < -0.39 is 44.3 Å². The SMILES string of the molecule is C[Si](C)(C)O[C@@H]1[C@H]2OC(=O)c3c(O)cccc3CS[C@@H]2O[C@@H]2CO[C@@H](c3ccccc3)O[C@@H]12. The Morgan fingerprint density at radius 3 is 2.58 bits per heavy atom. The van der Waals surface area contributed by atoms with E-state index in [2.05, 4.69) is 19.6 Å². The van der Waals surface area contributed by atoms with Gasteiger partial charge in [-0.15, -0.1) is 11.8 Å². The number of esters is 1. The third-order valence-corrected chi connectivity index (χ3v) is 7.99. The Hall–Kier alpha value is -1.88. The summed E-state index contributed by atoms with van der Waals surface area (Å²) in [6, 6.07) is 14.8. The van der Waals surface area contributed by atoms with Crippen LogP contribution in [0.4, 0.5) is 0 Å². The summed E-state index contributed by atoms with van der Waals surface area (Å²) in [5, 5.41) is 10.3. The largest absolute Gasteiger partial charge is 0.507 e. The zero-order chi connectivity index (χ0) is 23.2. The Kier molecular flexibility index (Phi) is 6.28. The van der Waals surface area contributed by atoms with Crippen molar-refractivity contribution in [1.29, 1.82) is 0 Å². The second kappa shape index (κ2) is 9.05. The maximum Gasteiger partial charge on any atom is 0.342 e. The minimum atomic E-state index is -2.06. The monoisotopic (exact) mass is 488 g/mol. The van der Waals surface area contributed by atoms with Crippen molar-refractivity contribution in [2.45, 2.75) is 61.5 Å². The van der Waals surface area contributed by atoms with Gasteiger partial charge in [0.2, 0.25) is 0 Å². The van der Waals surface area contributed by atoms with Crippen molar-refractivity contribution in [3.05, 3.63) is 65.2 Å². The van der Waals surface area contributed by atoms with Crippen LogP contribution in [0.15, 0.2) is 48.5 Å². The highest BCUT2D eigenvalue weighted by molar-refractivity contribution is 7.99. The van der Waals surface area contributed by atoms with Gasteiger partial charge in [-0.2, -0.15) is 0 Å². The summed E-state index contributed by atoms with van der Waals surface area (Å²) in [5.41, 5.74) is 1.39. The van der Waals surface area contributed by atoms with Crippen LogP contribution >= 0.6 is 11.8 Å². The van der Waals surface area contributed by atoms with E-state index in [0.717, 1.165) is 11.1 Å². The van der Waals surface area contributed by atoms with Gasteiger partial charge in [-0.3, -0.25) is 0 Å². The first-order valence-corrected chi connectivity index (χ1v) is 15.5. The molecule has 2 aromatic carbocycles. The van der Waals surface area contributed by atoms with Crippen LogP contribution in [0.3, 0.4) is 0 Å². The van der Waals surface area contributed by atoms with E-state index in [4.69, 9.17) is 23.4 Å². The lowest BCUT2D eigenvalue weighted by Crippen LogP contribution is -2.64. The van der Waals surface area contributed by atoms with Crippen LogP contribution in [-0.4, -0.2) is 55.9 Å². The molecule has 176 valence electrons. The lowest BCUT2D eigenvalue weighted by molar-refractivity contribution is -0.315. The Balaban J connectivity index is 1.47. The van der Waals surface area contributed by atoms with E-state index in [0.29, 0.717) is 12.4 Å². The molecule has 2 saturated heterocycles. The molecule has 3 aliphatic rings.